The van der Waals surface area contributed by atoms with Crippen molar-refractivity contribution >= 4 is 11.3 Å². The molecule has 1 saturated heterocycles. The monoisotopic (exact) mass is 253 g/mol. The first-order valence-corrected chi connectivity index (χ1v) is 7.17. The molecular formula is C13H19NO2S. The Labute approximate surface area is 106 Å². The van der Waals surface area contributed by atoms with E-state index in [0.717, 1.165) is 26.1 Å². The lowest BCUT2D eigenvalue weighted by atomic mass is 10.1. The molecule has 3 nitrogen and oxygen atoms in total. The van der Waals surface area contributed by atoms with Crippen molar-refractivity contribution in [1.82, 2.24) is 4.90 Å². The molecule has 0 amide bonds. The van der Waals surface area contributed by atoms with E-state index >= 15 is 0 Å². The van der Waals surface area contributed by atoms with Gasteiger partial charge in [-0.15, -0.1) is 11.3 Å². The van der Waals surface area contributed by atoms with Gasteiger partial charge in [0, 0.05) is 31.1 Å². The number of hydrogen-bond donors (Lipinski definition) is 0. The van der Waals surface area contributed by atoms with E-state index in [0.29, 0.717) is 12.1 Å². The molecule has 0 aromatic carbocycles. The normalized spacial score (nSPS) is 33.8. The molecule has 3 atom stereocenters. The van der Waals surface area contributed by atoms with Crippen molar-refractivity contribution in [2.75, 3.05) is 20.3 Å². The van der Waals surface area contributed by atoms with Gasteiger partial charge in [-0.3, -0.25) is 4.90 Å². The predicted octanol–water partition coefficient (Wildman–Crippen LogP) is 2.13. The molecule has 1 aromatic heterocycles. The van der Waals surface area contributed by atoms with Crippen LogP contribution in [0.25, 0.3) is 0 Å². The number of hydrogen-bond acceptors (Lipinski definition) is 4. The van der Waals surface area contributed by atoms with Crippen LogP contribution in [0.4, 0.5) is 0 Å². The van der Waals surface area contributed by atoms with Crippen LogP contribution in [0.15, 0.2) is 17.5 Å². The zero-order valence-electron chi connectivity index (χ0n) is 10.2. The standard InChI is InChI=1S/C13H19NO2S/c1-15-12-5-4-11-13(12)16-7-6-14(11)9-10-3-2-8-17-10/h2-3,8,11-13H,4-7,9H2,1H3/t11-,12+,13+/m0/s1. The first-order chi connectivity index (χ1) is 8.38. The number of thiophene rings is 1. The summed E-state index contributed by atoms with van der Waals surface area (Å²) in [6.07, 6.45) is 2.92. The van der Waals surface area contributed by atoms with Crippen LogP contribution >= 0.6 is 11.3 Å². The maximum atomic E-state index is 5.89. The molecule has 94 valence electrons. The molecule has 2 aliphatic rings. The van der Waals surface area contributed by atoms with Crippen LogP contribution in [0, 0.1) is 0 Å². The van der Waals surface area contributed by atoms with Crippen molar-refractivity contribution in [1.29, 1.82) is 0 Å². The molecule has 0 bridgehead atoms. The maximum absolute atomic E-state index is 5.89. The summed E-state index contributed by atoms with van der Waals surface area (Å²) in [7, 11) is 1.80. The first-order valence-electron chi connectivity index (χ1n) is 6.29. The van der Waals surface area contributed by atoms with Crippen LogP contribution in [0.1, 0.15) is 17.7 Å². The Morgan fingerprint density at radius 1 is 1.53 bits per heavy atom. The minimum Gasteiger partial charge on any atom is -0.379 e. The Bertz CT molecular complexity index is 354. The Hall–Kier alpha value is -0.420. The third-order valence-corrected chi connectivity index (χ3v) is 4.75. The Kier molecular flexibility index (Phi) is 3.47. The summed E-state index contributed by atoms with van der Waals surface area (Å²) in [5.41, 5.74) is 0. The summed E-state index contributed by atoms with van der Waals surface area (Å²) in [6.45, 7) is 2.96. The largest absolute Gasteiger partial charge is 0.379 e. The van der Waals surface area contributed by atoms with E-state index in [1.165, 1.54) is 11.3 Å². The quantitative estimate of drug-likeness (QED) is 0.823. The zero-order valence-corrected chi connectivity index (χ0v) is 11.0. The van der Waals surface area contributed by atoms with Gasteiger partial charge in [0.1, 0.15) is 0 Å². The van der Waals surface area contributed by atoms with E-state index in [1.807, 2.05) is 11.3 Å². The van der Waals surface area contributed by atoms with Crippen molar-refractivity contribution in [2.45, 2.75) is 37.6 Å². The van der Waals surface area contributed by atoms with E-state index in [4.69, 9.17) is 9.47 Å². The fraction of sp³-hybridized carbons (Fsp3) is 0.692. The van der Waals surface area contributed by atoms with E-state index in [9.17, 15) is 0 Å². The van der Waals surface area contributed by atoms with Gasteiger partial charge in [-0.1, -0.05) is 6.07 Å². The van der Waals surface area contributed by atoms with Gasteiger partial charge in [-0.2, -0.15) is 0 Å². The zero-order chi connectivity index (χ0) is 11.7. The second kappa shape index (κ2) is 5.06. The molecule has 1 aliphatic carbocycles. The third kappa shape index (κ3) is 2.27. The highest BCUT2D eigenvalue weighted by molar-refractivity contribution is 7.09. The molecule has 0 unspecified atom stereocenters. The SMILES string of the molecule is CO[C@@H]1CC[C@H]2[C@H]1OCCN2Cc1cccs1. The molecule has 4 heteroatoms. The third-order valence-electron chi connectivity index (χ3n) is 3.89. The van der Waals surface area contributed by atoms with Gasteiger partial charge in [0.25, 0.3) is 0 Å². The van der Waals surface area contributed by atoms with Crippen molar-refractivity contribution in [3.8, 4) is 0 Å². The van der Waals surface area contributed by atoms with Gasteiger partial charge in [0.05, 0.1) is 18.8 Å². The van der Waals surface area contributed by atoms with Crippen molar-refractivity contribution in [3.05, 3.63) is 22.4 Å². The molecular weight excluding hydrogens is 234 g/mol. The Morgan fingerprint density at radius 3 is 3.24 bits per heavy atom. The average molecular weight is 253 g/mol. The fourth-order valence-electron chi connectivity index (χ4n) is 3.04. The van der Waals surface area contributed by atoms with Crippen LogP contribution in [0.5, 0.6) is 0 Å². The lowest BCUT2D eigenvalue weighted by Crippen LogP contribution is -2.50. The van der Waals surface area contributed by atoms with Gasteiger partial charge in [-0.25, -0.2) is 0 Å². The van der Waals surface area contributed by atoms with Crippen molar-refractivity contribution < 1.29 is 9.47 Å². The van der Waals surface area contributed by atoms with E-state index in [-0.39, 0.29) is 6.10 Å². The number of methoxy groups -OCH3 is 1. The lowest BCUT2D eigenvalue weighted by Gasteiger charge is -2.38. The van der Waals surface area contributed by atoms with Crippen LogP contribution in [0.2, 0.25) is 0 Å². The number of fused-ring (bicyclic) bond motifs is 1. The van der Waals surface area contributed by atoms with Gasteiger partial charge >= 0.3 is 0 Å². The van der Waals surface area contributed by atoms with Crippen LogP contribution < -0.4 is 0 Å². The van der Waals surface area contributed by atoms with Crippen molar-refractivity contribution in [3.63, 3.8) is 0 Å². The number of ether oxygens (including phenoxy) is 2. The van der Waals surface area contributed by atoms with E-state index in [1.54, 1.807) is 7.11 Å². The van der Waals surface area contributed by atoms with E-state index in [2.05, 4.69) is 22.4 Å². The Morgan fingerprint density at radius 2 is 2.47 bits per heavy atom. The Balaban J connectivity index is 1.69. The highest BCUT2D eigenvalue weighted by Crippen LogP contribution is 2.32. The molecule has 3 rings (SSSR count). The lowest BCUT2D eigenvalue weighted by molar-refractivity contribution is -0.106. The van der Waals surface area contributed by atoms with Gasteiger partial charge in [0.2, 0.25) is 0 Å². The average Bonchev–Trinajstić information content (AvgIpc) is 2.97. The fourth-order valence-corrected chi connectivity index (χ4v) is 3.77. The van der Waals surface area contributed by atoms with Crippen LogP contribution in [0.3, 0.4) is 0 Å². The summed E-state index contributed by atoms with van der Waals surface area (Å²) in [5, 5.41) is 2.15. The highest BCUT2D eigenvalue weighted by Gasteiger charge is 2.42. The molecule has 0 spiro atoms. The second-order valence-corrected chi connectivity index (χ2v) is 5.84. The van der Waals surface area contributed by atoms with Crippen LogP contribution in [-0.4, -0.2) is 43.4 Å². The molecule has 1 aromatic rings. The number of morpholine rings is 1. The molecule has 1 saturated carbocycles. The molecule has 1 aliphatic heterocycles. The number of rotatable bonds is 3. The summed E-state index contributed by atoms with van der Waals surface area (Å²) >= 11 is 1.84. The summed E-state index contributed by atoms with van der Waals surface area (Å²) < 4.78 is 11.4. The molecule has 0 N–H and O–H groups in total. The smallest absolute Gasteiger partial charge is 0.0991 e. The summed E-state index contributed by atoms with van der Waals surface area (Å²) in [4.78, 5) is 4.02. The first kappa shape index (κ1) is 11.7. The number of nitrogens with zero attached hydrogens (tertiary/aromatic N) is 1. The van der Waals surface area contributed by atoms with Crippen LogP contribution in [-0.2, 0) is 16.0 Å². The topological polar surface area (TPSA) is 21.7 Å². The predicted molar refractivity (Wildman–Crippen MR) is 68.3 cm³/mol. The summed E-state index contributed by atoms with van der Waals surface area (Å²) in [5.74, 6) is 0. The van der Waals surface area contributed by atoms with Gasteiger partial charge < -0.3 is 9.47 Å². The second-order valence-electron chi connectivity index (χ2n) is 4.80. The summed E-state index contributed by atoms with van der Waals surface area (Å²) in [6, 6.07) is 4.90. The molecule has 0 radical (unpaired) electrons. The molecule has 2 heterocycles. The van der Waals surface area contributed by atoms with Gasteiger partial charge in [0.15, 0.2) is 0 Å². The minimum absolute atomic E-state index is 0.286. The van der Waals surface area contributed by atoms with E-state index < -0.39 is 0 Å². The highest BCUT2D eigenvalue weighted by atomic mass is 32.1. The molecule has 17 heavy (non-hydrogen) atoms. The minimum atomic E-state index is 0.286. The maximum Gasteiger partial charge on any atom is 0.0991 e. The van der Waals surface area contributed by atoms with Crippen molar-refractivity contribution in [2.24, 2.45) is 0 Å². The molecule has 2 fully saturated rings. The van der Waals surface area contributed by atoms with Gasteiger partial charge in [-0.05, 0) is 24.3 Å².